The SMILES string of the molecule is CNc1nc(C)cc(Oc2cc(F)ccc2F)n1. The molecule has 0 bridgehead atoms. The summed E-state index contributed by atoms with van der Waals surface area (Å²) in [5.41, 5.74) is 0.654. The van der Waals surface area contributed by atoms with Crippen LogP contribution in [0, 0.1) is 18.6 Å². The van der Waals surface area contributed by atoms with Gasteiger partial charge in [0.2, 0.25) is 11.8 Å². The van der Waals surface area contributed by atoms with Crippen LogP contribution in [0.25, 0.3) is 0 Å². The standard InChI is InChI=1S/C12H11F2N3O/c1-7-5-11(17-12(15-2)16-7)18-10-6-8(13)3-4-9(10)14/h3-6H,1-2H3,(H,15,16,17). The number of benzene rings is 1. The van der Waals surface area contributed by atoms with Crippen LogP contribution in [0.4, 0.5) is 14.7 Å². The Morgan fingerprint density at radius 2 is 1.94 bits per heavy atom. The summed E-state index contributed by atoms with van der Waals surface area (Å²) in [5, 5.41) is 2.75. The molecule has 0 radical (unpaired) electrons. The fraction of sp³-hybridized carbons (Fsp3) is 0.167. The number of nitrogens with zero attached hydrogens (tertiary/aromatic N) is 2. The van der Waals surface area contributed by atoms with Gasteiger partial charge in [-0.3, -0.25) is 0 Å². The van der Waals surface area contributed by atoms with Crippen molar-refractivity contribution in [2.45, 2.75) is 6.92 Å². The van der Waals surface area contributed by atoms with Crippen molar-refractivity contribution < 1.29 is 13.5 Å². The first kappa shape index (κ1) is 12.2. The molecule has 0 aliphatic carbocycles. The van der Waals surface area contributed by atoms with Crippen LogP contribution in [0.2, 0.25) is 0 Å². The average molecular weight is 251 g/mol. The molecule has 18 heavy (non-hydrogen) atoms. The number of ether oxygens (including phenoxy) is 1. The molecule has 2 rings (SSSR count). The molecule has 94 valence electrons. The van der Waals surface area contributed by atoms with Crippen LogP contribution < -0.4 is 10.1 Å². The maximum absolute atomic E-state index is 13.4. The number of halogens is 2. The Morgan fingerprint density at radius 3 is 2.67 bits per heavy atom. The first-order valence-electron chi connectivity index (χ1n) is 5.25. The molecule has 0 fully saturated rings. The Hall–Kier alpha value is -2.24. The molecule has 2 aromatic rings. The third-order valence-corrected chi connectivity index (χ3v) is 2.16. The van der Waals surface area contributed by atoms with E-state index in [-0.39, 0.29) is 11.6 Å². The number of anilines is 1. The number of nitrogens with one attached hydrogen (secondary N) is 1. The first-order chi connectivity index (χ1) is 8.58. The Kier molecular flexibility index (Phi) is 3.36. The zero-order valence-corrected chi connectivity index (χ0v) is 9.87. The summed E-state index contributed by atoms with van der Waals surface area (Å²) in [5.74, 6) is -0.946. The zero-order chi connectivity index (χ0) is 13.1. The van der Waals surface area contributed by atoms with E-state index in [0.29, 0.717) is 11.6 Å². The van der Waals surface area contributed by atoms with Crippen molar-refractivity contribution in [2.24, 2.45) is 0 Å². The number of hydrogen-bond donors (Lipinski definition) is 1. The second-order valence-electron chi connectivity index (χ2n) is 3.60. The predicted molar refractivity (Wildman–Crippen MR) is 62.7 cm³/mol. The van der Waals surface area contributed by atoms with Crippen molar-refractivity contribution in [3.63, 3.8) is 0 Å². The maximum atomic E-state index is 13.4. The van der Waals surface area contributed by atoms with Crippen LogP contribution in [-0.2, 0) is 0 Å². The summed E-state index contributed by atoms with van der Waals surface area (Å²) in [6, 6.07) is 4.52. The highest BCUT2D eigenvalue weighted by atomic mass is 19.1. The molecule has 0 spiro atoms. The minimum atomic E-state index is -0.654. The highest BCUT2D eigenvalue weighted by Gasteiger charge is 2.08. The lowest BCUT2D eigenvalue weighted by Gasteiger charge is -2.08. The Labute approximate surface area is 103 Å². The normalized spacial score (nSPS) is 10.2. The lowest BCUT2D eigenvalue weighted by atomic mass is 10.3. The van der Waals surface area contributed by atoms with Gasteiger partial charge in [-0.2, -0.15) is 4.98 Å². The molecule has 0 saturated heterocycles. The molecule has 0 aliphatic rings. The topological polar surface area (TPSA) is 47.0 Å². The van der Waals surface area contributed by atoms with E-state index in [2.05, 4.69) is 15.3 Å². The van der Waals surface area contributed by atoms with Crippen LogP contribution in [-0.4, -0.2) is 17.0 Å². The van der Waals surface area contributed by atoms with Crippen LogP contribution in [0.5, 0.6) is 11.6 Å². The van der Waals surface area contributed by atoms with Crippen molar-refractivity contribution >= 4 is 5.95 Å². The summed E-state index contributed by atoms with van der Waals surface area (Å²) >= 11 is 0. The maximum Gasteiger partial charge on any atom is 0.225 e. The Bertz CT molecular complexity index is 575. The van der Waals surface area contributed by atoms with E-state index in [4.69, 9.17) is 4.74 Å². The molecular formula is C12H11F2N3O. The van der Waals surface area contributed by atoms with E-state index >= 15 is 0 Å². The molecule has 0 unspecified atom stereocenters. The Morgan fingerprint density at radius 1 is 1.17 bits per heavy atom. The van der Waals surface area contributed by atoms with Gasteiger partial charge < -0.3 is 10.1 Å². The molecule has 1 aromatic heterocycles. The molecule has 0 amide bonds. The predicted octanol–water partition coefficient (Wildman–Crippen LogP) is 2.90. The molecule has 0 aliphatic heterocycles. The van der Waals surface area contributed by atoms with Gasteiger partial charge in [-0.15, -0.1) is 0 Å². The lowest BCUT2D eigenvalue weighted by Crippen LogP contribution is -2.00. The van der Waals surface area contributed by atoms with Gasteiger partial charge in [0.05, 0.1) is 0 Å². The van der Waals surface area contributed by atoms with E-state index in [1.807, 2.05) is 0 Å². The van der Waals surface area contributed by atoms with Crippen LogP contribution in [0.3, 0.4) is 0 Å². The van der Waals surface area contributed by atoms with E-state index in [1.165, 1.54) is 6.07 Å². The summed E-state index contributed by atoms with van der Waals surface area (Å²) in [6.45, 7) is 1.75. The van der Waals surface area contributed by atoms with Gasteiger partial charge in [-0.1, -0.05) is 0 Å². The Balaban J connectivity index is 2.33. The quantitative estimate of drug-likeness (QED) is 0.911. The highest BCUT2D eigenvalue weighted by molar-refractivity contribution is 5.34. The monoisotopic (exact) mass is 251 g/mol. The third kappa shape index (κ3) is 2.71. The summed E-state index contributed by atoms with van der Waals surface area (Å²) < 4.78 is 31.6. The van der Waals surface area contributed by atoms with Crippen molar-refractivity contribution in [2.75, 3.05) is 12.4 Å². The molecule has 0 saturated carbocycles. The summed E-state index contributed by atoms with van der Waals surface area (Å²) in [4.78, 5) is 8.05. The zero-order valence-electron chi connectivity index (χ0n) is 9.87. The van der Waals surface area contributed by atoms with Crippen molar-refractivity contribution in [3.8, 4) is 11.6 Å². The van der Waals surface area contributed by atoms with E-state index in [1.54, 1.807) is 14.0 Å². The minimum absolute atomic E-state index is 0.149. The number of hydrogen-bond acceptors (Lipinski definition) is 4. The second kappa shape index (κ2) is 4.95. The van der Waals surface area contributed by atoms with Crippen molar-refractivity contribution in [3.05, 3.63) is 41.6 Å². The van der Waals surface area contributed by atoms with E-state index in [0.717, 1.165) is 18.2 Å². The van der Waals surface area contributed by atoms with Gasteiger partial charge in [-0.25, -0.2) is 13.8 Å². The summed E-state index contributed by atoms with van der Waals surface area (Å²) in [6.07, 6.45) is 0. The van der Waals surface area contributed by atoms with Gasteiger partial charge >= 0.3 is 0 Å². The van der Waals surface area contributed by atoms with Crippen LogP contribution in [0.1, 0.15) is 5.69 Å². The smallest absolute Gasteiger partial charge is 0.225 e. The number of rotatable bonds is 3. The van der Waals surface area contributed by atoms with Gasteiger partial charge in [0, 0.05) is 24.9 Å². The number of aryl methyl sites for hydroxylation is 1. The third-order valence-electron chi connectivity index (χ3n) is 2.16. The first-order valence-corrected chi connectivity index (χ1v) is 5.25. The minimum Gasteiger partial charge on any atom is -0.436 e. The average Bonchev–Trinajstić information content (AvgIpc) is 2.33. The van der Waals surface area contributed by atoms with Crippen LogP contribution >= 0.6 is 0 Å². The summed E-state index contributed by atoms with van der Waals surface area (Å²) in [7, 11) is 1.65. The molecule has 1 N–H and O–H groups in total. The second-order valence-corrected chi connectivity index (χ2v) is 3.60. The van der Waals surface area contributed by atoms with Gasteiger partial charge in [0.25, 0.3) is 0 Å². The fourth-order valence-electron chi connectivity index (χ4n) is 1.37. The molecule has 4 nitrogen and oxygen atoms in total. The van der Waals surface area contributed by atoms with Gasteiger partial charge in [0.15, 0.2) is 11.6 Å². The molecule has 1 heterocycles. The molecule has 1 aromatic carbocycles. The lowest BCUT2D eigenvalue weighted by molar-refractivity contribution is 0.422. The molecule has 6 heteroatoms. The molecule has 0 atom stereocenters. The van der Waals surface area contributed by atoms with Crippen molar-refractivity contribution in [1.29, 1.82) is 0 Å². The fourth-order valence-corrected chi connectivity index (χ4v) is 1.37. The van der Waals surface area contributed by atoms with Crippen LogP contribution in [0.15, 0.2) is 24.3 Å². The van der Waals surface area contributed by atoms with E-state index in [9.17, 15) is 8.78 Å². The largest absolute Gasteiger partial charge is 0.436 e. The number of aromatic nitrogens is 2. The van der Waals surface area contributed by atoms with Gasteiger partial charge in [-0.05, 0) is 19.1 Å². The highest BCUT2D eigenvalue weighted by Crippen LogP contribution is 2.24. The molecular weight excluding hydrogens is 240 g/mol. The van der Waals surface area contributed by atoms with Gasteiger partial charge in [0.1, 0.15) is 5.82 Å². The van der Waals surface area contributed by atoms with E-state index < -0.39 is 11.6 Å². The van der Waals surface area contributed by atoms with Crippen molar-refractivity contribution in [1.82, 2.24) is 9.97 Å².